The molecule has 0 aromatic rings. The molecule has 1 rings (SSSR count). The summed E-state index contributed by atoms with van der Waals surface area (Å²) >= 11 is 0. The van der Waals surface area contributed by atoms with Gasteiger partial charge in [-0.25, -0.2) is 0 Å². The molecular formula is C12H23NO2. The van der Waals surface area contributed by atoms with E-state index >= 15 is 0 Å². The standard InChI is InChI=1S/C12H23NO2/c1-9(2)7-8-12(15)13-10-5-3-4-6-11(10)14/h9-11,14H,3-8H2,1-2H3,(H,13,15). The van der Waals surface area contributed by atoms with Crippen LogP contribution in [0, 0.1) is 5.92 Å². The summed E-state index contributed by atoms with van der Waals surface area (Å²) in [6.45, 7) is 4.23. The average Bonchev–Trinajstić information content (AvgIpc) is 2.18. The van der Waals surface area contributed by atoms with Gasteiger partial charge in [-0.2, -0.15) is 0 Å². The summed E-state index contributed by atoms with van der Waals surface area (Å²) in [5.74, 6) is 0.654. The number of aliphatic hydroxyl groups is 1. The van der Waals surface area contributed by atoms with Crippen LogP contribution in [0.15, 0.2) is 0 Å². The van der Waals surface area contributed by atoms with Gasteiger partial charge in [0.05, 0.1) is 12.1 Å². The molecule has 3 nitrogen and oxygen atoms in total. The summed E-state index contributed by atoms with van der Waals surface area (Å²) in [5, 5.41) is 12.6. The topological polar surface area (TPSA) is 49.3 Å². The molecule has 0 aliphatic heterocycles. The van der Waals surface area contributed by atoms with Gasteiger partial charge in [0.2, 0.25) is 5.91 Å². The van der Waals surface area contributed by atoms with Crippen LogP contribution in [0.2, 0.25) is 0 Å². The molecule has 0 saturated heterocycles. The maximum Gasteiger partial charge on any atom is 0.220 e. The molecule has 1 fully saturated rings. The molecule has 15 heavy (non-hydrogen) atoms. The smallest absolute Gasteiger partial charge is 0.220 e. The summed E-state index contributed by atoms with van der Waals surface area (Å²) in [5.41, 5.74) is 0. The van der Waals surface area contributed by atoms with Crippen molar-refractivity contribution in [3.63, 3.8) is 0 Å². The zero-order chi connectivity index (χ0) is 11.3. The van der Waals surface area contributed by atoms with Crippen LogP contribution in [0.4, 0.5) is 0 Å². The molecule has 2 atom stereocenters. The first kappa shape index (κ1) is 12.5. The summed E-state index contributed by atoms with van der Waals surface area (Å²) in [6.07, 6.45) is 5.13. The first-order valence-electron chi connectivity index (χ1n) is 6.07. The van der Waals surface area contributed by atoms with Crippen molar-refractivity contribution in [2.45, 2.75) is 64.5 Å². The van der Waals surface area contributed by atoms with Crippen molar-refractivity contribution >= 4 is 5.91 Å². The number of nitrogens with one attached hydrogen (secondary N) is 1. The van der Waals surface area contributed by atoms with E-state index in [9.17, 15) is 9.90 Å². The Hall–Kier alpha value is -0.570. The van der Waals surface area contributed by atoms with Gasteiger partial charge in [-0.1, -0.05) is 26.7 Å². The quantitative estimate of drug-likeness (QED) is 0.748. The minimum atomic E-state index is -0.332. The molecule has 1 amide bonds. The molecule has 0 aromatic carbocycles. The van der Waals surface area contributed by atoms with Crippen LogP contribution in [-0.4, -0.2) is 23.2 Å². The van der Waals surface area contributed by atoms with Crippen LogP contribution in [0.25, 0.3) is 0 Å². The van der Waals surface area contributed by atoms with Gasteiger partial charge in [0.15, 0.2) is 0 Å². The van der Waals surface area contributed by atoms with E-state index in [1.807, 2.05) is 0 Å². The largest absolute Gasteiger partial charge is 0.391 e. The number of amides is 1. The van der Waals surface area contributed by atoms with E-state index in [2.05, 4.69) is 19.2 Å². The zero-order valence-electron chi connectivity index (χ0n) is 9.83. The molecule has 0 aromatic heterocycles. The number of aliphatic hydroxyl groups excluding tert-OH is 1. The lowest BCUT2D eigenvalue weighted by Crippen LogP contribution is -2.45. The SMILES string of the molecule is CC(C)CCC(=O)NC1CCCCC1O. The molecule has 1 aliphatic rings. The lowest BCUT2D eigenvalue weighted by molar-refractivity contribution is -0.123. The predicted octanol–water partition coefficient (Wildman–Crippen LogP) is 1.84. The highest BCUT2D eigenvalue weighted by Gasteiger charge is 2.24. The first-order valence-corrected chi connectivity index (χ1v) is 6.07. The van der Waals surface area contributed by atoms with Crippen LogP contribution in [0.1, 0.15) is 52.4 Å². The molecule has 0 bridgehead atoms. The third kappa shape index (κ3) is 4.65. The second kappa shape index (κ2) is 6.11. The number of hydrogen-bond acceptors (Lipinski definition) is 2. The van der Waals surface area contributed by atoms with Gasteiger partial charge in [-0.15, -0.1) is 0 Å². The van der Waals surface area contributed by atoms with Crippen molar-refractivity contribution in [2.75, 3.05) is 0 Å². The summed E-state index contributed by atoms with van der Waals surface area (Å²) in [6, 6.07) is -0.00147. The van der Waals surface area contributed by atoms with Gasteiger partial charge >= 0.3 is 0 Å². The monoisotopic (exact) mass is 213 g/mol. The van der Waals surface area contributed by atoms with Gasteiger partial charge in [-0.05, 0) is 25.2 Å². The van der Waals surface area contributed by atoms with E-state index in [1.165, 1.54) is 0 Å². The van der Waals surface area contributed by atoms with Crippen LogP contribution >= 0.6 is 0 Å². The number of hydrogen-bond donors (Lipinski definition) is 2. The van der Waals surface area contributed by atoms with Crippen molar-refractivity contribution in [1.82, 2.24) is 5.32 Å². The van der Waals surface area contributed by atoms with E-state index in [1.54, 1.807) is 0 Å². The van der Waals surface area contributed by atoms with Gasteiger partial charge < -0.3 is 10.4 Å². The molecule has 1 saturated carbocycles. The summed E-state index contributed by atoms with van der Waals surface area (Å²) < 4.78 is 0. The van der Waals surface area contributed by atoms with Gasteiger partial charge in [0.25, 0.3) is 0 Å². The molecule has 2 unspecified atom stereocenters. The Balaban J connectivity index is 2.24. The predicted molar refractivity (Wildman–Crippen MR) is 60.5 cm³/mol. The average molecular weight is 213 g/mol. The van der Waals surface area contributed by atoms with Crippen molar-refractivity contribution in [3.8, 4) is 0 Å². The lowest BCUT2D eigenvalue weighted by Gasteiger charge is -2.28. The third-order valence-corrected chi connectivity index (χ3v) is 3.02. The molecule has 0 radical (unpaired) electrons. The highest BCUT2D eigenvalue weighted by atomic mass is 16.3. The van der Waals surface area contributed by atoms with Gasteiger partial charge in [0.1, 0.15) is 0 Å². The number of rotatable bonds is 4. The van der Waals surface area contributed by atoms with Crippen molar-refractivity contribution < 1.29 is 9.90 Å². The third-order valence-electron chi connectivity index (χ3n) is 3.02. The Kier molecular flexibility index (Phi) is 5.09. The molecule has 2 N–H and O–H groups in total. The van der Waals surface area contributed by atoms with Gasteiger partial charge in [-0.3, -0.25) is 4.79 Å². The van der Waals surface area contributed by atoms with Crippen molar-refractivity contribution in [2.24, 2.45) is 5.92 Å². The molecule has 1 aliphatic carbocycles. The van der Waals surface area contributed by atoms with E-state index < -0.39 is 0 Å². The maximum absolute atomic E-state index is 11.5. The Labute approximate surface area is 92.3 Å². The number of carbonyl (C=O) groups is 1. The fraction of sp³-hybridized carbons (Fsp3) is 0.917. The van der Waals surface area contributed by atoms with E-state index in [0.29, 0.717) is 12.3 Å². The molecule has 0 heterocycles. The fourth-order valence-electron chi connectivity index (χ4n) is 1.98. The minimum absolute atomic E-state index is 0.00147. The minimum Gasteiger partial charge on any atom is -0.391 e. The molecule has 0 spiro atoms. The second-order valence-electron chi connectivity index (χ2n) is 4.96. The Morgan fingerprint density at radius 3 is 2.67 bits per heavy atom. The maximum atomic E-state index is 11.5. The molecule has 88 valence electrons. The second-order valence-corrected chi connectivity index (χ2v) is 4.96. The first-order chi connectivity index (χ1) is 7.09. The van der Waals surface area contributed by atoms with Crippen LogP contribution in [-0.2, 0) is 4.79 Å². The van der Waals surface area contributed by atoms with E-state index in [0.717, 1.165) is 32.1 Å². The van der Waals surface area contributed by atoms with Crippen LogP contribution in [0.3, 0.4) is 0 Å². The van der Waals surface area contributed by atoms with E-state index in [4.69, 9.17) is 0 Å². The van der Waals surface area contributed by atoms with Crippen molar-refractivity contribution in [1.29, 1.82) is 0 Å². The van der Waals surface area contributed by atoms with Crippen molar-refractivity contribution in [3.05, 3.63) is 0 Å². The Morgan fingerprint density at radius 1 is 1.40 bits per heavy atom. The van der Waals surface area contributed by atoms with Crippen LogP contribution in [0.5, 0.6) is 0 Å². The fourth-order valence-corrected chi connectivity index (χ4v) is 1.98. The van der Waals surface area contributed by atoms with Crippen LogP contribution < -0.4 is 5.32 Å². The Morgan fingerprint density at radius 2 is 2.07 bits per heavy atom. The highest BCUT2D eigenvalue weighted by molar-refractivity contribution is 5.76. The van der Waals surface area contributed by atoms with Gasteiger partial charge in [0, 0.05) is 6.42 Å². The number of carbonyl (C=O) groups excluding carboxylic acids is 1. The Bertz CT molecular complexity index is 204. The summed E-state index contributed by atoms with van der Waals surface area (Å²) in [4.78, 5) is 11.5. The molecule has 3 heteroatoms. The molecular weight excluding hydrogens is 190 g/mol. The highest BCUT2D eigenvalue weighted by Crippen LogP contribution is 2.18. The summed E-state index contributed by atoms with van der Waals surface area (Å²) in [7, 11) is 0. The van der Waals surface area contributed by atoms with E-state index in [-0.39, 0.29) is 18.1 Å². The lowest BCUT2D eigenvalue weighted by atomic mass is 9.92. The zero-order valence-corrected chi connectivity index (χ0v) is 9.83. The normalized spacial score (nSPS) is 26.7.